The summed E-state index contributed by atoms with van der Waals surface area (Å²) in [6.45, 7) is 8.26. The second-order valence-corrected chi connectivity index (χ2v) is 8.61. The second kappa shape index (κ2) is 7.23. The normalized spacial score (nSPS) is 19.9. The van der Waals surface area contributed by atoms with Crippen molar-refractivity contribution in [1.29, 1.82) is 0 Å². The van der Waals surface area contributed by atoms with Gasteiger partial charge in [0.15, 0.2) is 0 Å². The molecule has 0 aliphatic carbocycles. The topological polar surface area (TPSA) is 69.6 Å². The van der Waals surface area contributed by atoms with Crippen molar-refractivity contribution in [3.63, 3.8) is 0 Å². The first-order valence-corrected chi connectivity index (χ1v) is 10.5. The van der Waals surface area contributed by atoms with Crippen molar-refractivity contribution in [2.75, 3.05) is 54.8 Å². The number of piperazine rings is 1. The molecule has 3 heterocycles. The Balaban J connectivity index is 1.76. The number of sulfonamides is 1. The van der Waals surface area contributed by atoms with Crippen LogP contribution in [0.1, 0.15) is 32.4 Å². The lowest BCUT2D eigenvalue weighted by Crippen LogP contribution is -2.49. The Morgan fingerprint density at radius 2 is 1.62 bits per heavy atom. The van der Waals surface area contributed by atoms with Gasteiger partial charge in [-0.3, -0.25) is 0 Å². The molecule has 2 aliphatic rings. The van der Waals surface area contributed by atoms with Crippen LogP contribution in [0, 0.1) is 0 Å². The highest BCUT2D eigenvalue weighted by molar-refractivity contribution is 7.89. The van der Waals surface area contributed by atoms with Gasteiger partial charge in [0.2, 0.25) is 16.0 Å². The number of aromatic nitrogens is 2. The van der Waals surface area contributed by atoms with Crippen molar-refractivity contribution < 1.29 is 8.42 Å². The van der Waals surface area contributed by atoms with Crippen LogP contribution in [0.2, 0.25) is 0 Å². The van der Waals surface area contributed by atoms with Gasteiger partial charge in [-0.25, -0.2) is 13.4 Å². The number of anilines is 2. The highest BCUT2D eigenvalue weighted by Gasteiger charge is 2.27. The number of nitrogens with zero attached hydrogens (tertiary/aromatic N) is 5. The van der Waals surface area contributed by atoms with Gasteiger partial charge in [0.1, 0.15) is 5.82 Å². The fourth-order valence-corrected chi connectivity index (χ4v) is 4.33. The summed E-state index contributed by atoms with van der Waals surface area (Å²) in [5.74, 6) is 1.92. The van der Waals surface area contributed by atoms with Gasteiger partial charge in [-0.15, -0.1) is 0 Å². The van der Waals surface area contributed by atoms with Crippen LogP contribution < -0.4 is 9.80 Å². The molecule has 0 N–H and O–H groups in total. The quantitative estimate of drug-likeness (QED) is 0.790. The molecule has 0 saturated carbocycles. The molecule has 3 rings (SSSR count). The first-order chi connectivity index (χ1) is 11.5. The Bertz CT molecular complexity index is 665. The Labute approximate surface area is 144 Å². The van der Waals surface area contributed by atoms with Gasteiger partial charge in [0, 0.05) is 51.0 Å². The zero-order chi connectivity index (χ0) is 17.2. The third kappa shape index (κ3) is 3.64. The van der Waals surface area contributed by atoms with Crippen LogP contribution in [-0.4, -0.2) is 67.7 Å². The maximum Gasteiger partial charge on any atom is 0.227 e. The van der Waals surface area contributed by atoms with E-state index in [0.29, 0.717) is 26.2 Å². The van der Waals surface area contributed by atoms with Gasteiger partial charge < -0.3 is 9.80 Å². The largest absolute Gasteiger partial charge is 0.354 e. The molecule has 2 saturated heterocycles. The minimum atomic E-state index is -3.10. The fourth-order valence-electron chi connectivity index (χ4n) is 3.25. The van der Waals surface area contributed by atoms with Crippen LogP contribution in [0.25, 0.3) is 0 Å². The summed E-state index contributed by atoms with van der Waals surface area (Å²) in [6.07, 6.45) is 3.27. The number of hydrogen-bond acceptors (Lipinski definition) is 6. The summed E-state index contributed by atoms with van der Waals surface area (Å²) in [7, 11) is -3.10. The average molecular weight is 353 g/mol. The van der Waals surface area contributed by atoms with Crippen LogP contribution >= 0.6 is 0 Å². The average Bonchev–Trinajstić information content (AvgIpc) is 3.16. The smallest absolute Gasteiger partial charge is 0.227 e. The van der Waals surface area contributed by atoms with Crippen LogP contribution in [0.15, 0.2) is 6.07 Å². The fraction of sp³-hybridized carbons (Fsp3) is 0.750. The van der Waals surface area contributed by atoms with Crippen LogP contribution in [0.4, 0.5) is 11.8 Å². The molecule has 8 heteroatoms. The maximum atomic E-state index is 12.0. The highest BCUT2D eigenvalue weighted by Crippen LogP contribution is 2.22. The van der Waals surface area contributed by atoms with Crippen LogP contribution in [0.3, 0.4) is 0 Å². The van der Waals surface area contributed by atoms with E-state index in [4.69, 9.17) is 4.98 Å². The molecule has 0 atom stereocenters. The van der Waals surface area contributed by atoms with E-state index in [1.165, 1.54) is 12.8 Å². The van der Waals surface area contributed by atoms with Crippen molar-refractivity contribution >= 4 is 21.8 Å². The summed E-state index contributed by atoms with van der Waals surface area (Å²) in [5.41, 5.74) is 1.05. The summed E-state index contributed by atoms with van der Waals surface area (Å²) >= 11 is 0. The first kappa shape index (κ1) is 17.4. The molecule has 7 nitrogen and oxygen atoms in total. The van der Waals surface area contributed by atoms with Gasteiger partial charge in [-0.05, 0) is 26.2 Å². The van der Waals surface area contributed by atoms with Crippen molar-refractivity contribution in [3.05, 3.63) is 11.8 Å². The van der Waals surface area contributed by atoms with Crippen molar-refractivity contribution in [2.45, 2.75) is 33.1 Å². The Kier molecular flexibility index (Phi) is 5.24. The standard InChI is InChI=1S/C16H27N5O2S/c1-3-14-13-15(18-16(17-14)20-7-5-6-8-20)19-9-11-21(12-10-19)24(22,23)4-2/h13H,3-12H2,1-2H3. The Morgan fingerprint density at radius 3 is 2.21 bits per heavy atom. The SMILES string of the molecule is CCc1cc(N2CCN(S(=O)(=O)CC)CC2)nc(N2CCCC2)n1. The second-order valence-electron chi connectivity index (χ2n) is 6.35. The Morgan fingerprint density at radius 1 is 0.958 bits per heavy atom. The van der Waals surface area contributed by atoms with E-state index in [1.807, 2.05) is 6.07 Å². The monoisotopic (exact) mass is 353 g/mol. The molecule has 0 spiro atoms. The van der Waals surface area contributed by atoms with E-state index in [1.54, 1.807) is 11.2 Å². The number of rotatable bonds is 5. The van der Waals surface area contributed by atoms with E-state index < -0.39 is 10.0 Å². The van der Waals surface area contributed by atoms with Gasteiger partial charge in [-0.2, -0.15) is 9.29 Å². The number of aryl methyl sites for hydroxylation is 1. The summed E-state index contributed by atoms with van der Waals surface area (Å²) in [6, 6.07) is 2.05. The van der Waals surface area contributed by atoms with E-state index in [0.717, 1.165) is 37.0 Å². The minimum absolute atomic E-state index is 0.166. The molecule has 1 aromatic rings. The van der Waals surface area contributed by atoms with E-state index in [2.05, 4.69) is 21.7 Å². The van der Waals surface area contributed by atoms with Crippen molar-refractivity contribution in [2.24, 2.45) is 0 Å². The maximum absolute atomic E-state index is 12.0. The molecule has 1 aromatic heterocycles. The molecular formula is C16H27N5O2S. The van der Waals surface area contributed by atoms with Gasteiger partial charge in [0.25, 0.3) is 0 Å². The minimum Gasteiger partial charge on any atom is -0.354 e. The summed E-state index contributed by atoms with van der Waals surface area (Å²) in [5, 5.41) is 0. The molecule has 24 heavy (non-hydrogen) atoms. The Hall–Kier alpha value is -1.41. The molecule has 0 amide bonds. The van der Waals surface area contributed by atoms with Gasteiger partial charge >= 0.3 is 0 Å². The first-order valence-electron chi connectivity index (χ1n) is 8.89. The summed E-state index contributed by atoms with van der Waals surface area (Å²) < 4.78 is 25.6. The number of hydrogen-bond donors (Lipinski definition) is 0. The molecule has 2 aliphatic heterocycles. The molecule has 0 radical (unpaired) electrons. The molecule has 0 aromatic carbocycles. The summed E-state index contributed by atoms with van der Waals surface area (Å²) in [4.78, 5) is 13.9. The predicted molar refractivity (Wildman–Crippen MR) is 96.1 cm³/mol. The van der Waals surface area contributed by atoms with E-state index in [9.17, 15) is 8.42 Å². The van der Waals surface area contributed by atoms with E-state index in [-0.39, 0.29) is 5.75 Å². The predicted octanol–water partition coefficient (Wildman–Crippen LogP) is 1.11. The van der Waals surface area contributed by atoms with Crippen molar-refractivity contribution in [1.82, 2.24) is 14.3 Å². The zero-order valence-corrected chi connectivity index (χ0v) is 15.4. The lowest BCUT2D eigenvalue weighted by Gasteiger charge is -2.35. The van der Waals surface area contributed by atoms with E-state index >= 15 is 0 Å². The molecular weight excluding hydrogens is 326 g/mol. The highest BCUT2D eigenvalue weighted by atomic mass is 32.2. The molecule has 0 bridgehead atoms. The van der Waals surface area contributed by atoms with Crippen LogP contribution in [-0.2, 0) is 16.4 Å². The molecule has 2 fully saturated rings. The molecule has 134 valence electrons. The van der Waals surface area contributed by atoms with Crippen molar-refractivity contribution in [3.8, 4) is 0 Å². The third-order valence-corrected chi connectivity index (χ3v) is 6.71. The zero-order valence-electron chi connectivity index (χ0n) is 14.6. The van der Waals surface area contributed by atoms with Gasteiger partial charge in [-0.1, -0.05) is 6.92 Å². The lowest BCUT2D eigenvalue weighted by atomic mass is 10.3. The van der Waals surface area contributed by atoms with Crippen LogP contribution in [0.5, 0.6) is 0 Å². The lowest BCUT2D eigenvalue weighted by molar-refractivity contribution is 0.384. The van der Waals surface area contributed by atoms with Gasteiger partial charge in [0.05, 0.1) is 5.75 Å². The third-order valence-electron chi connectivity index (χ3n) is 4.83. The molecule has 0 unspecified atom stereocenters.